The molecule has 2 aromatic rings. The number of nitrogens with one attached hydrogen (secondary N) is 1. The van der Waals surface area contributed by atoms with Crippen LogP contribution in [0.4, 0.5) is 0 Å². The minimum Gasteiger partial charge on any atom is -0.480 e. The fraction of sp³-hybridized carbons (Fsp3) is 0.222. The molecule has 0 aromatic heterocycles. The van der Waals surface area contributed by atoms with Crippen LogP contribution < -0.4 is 10.1 Å². The number of aryl methyl sites for hydroxylation is 1. The van der Waals surface area contributed by atoms with Crippen LogP contribution in [0, 0.1) is 6.92 Å². The van der Waals surface area contributed by atoms with E-state index in [9.17, 15) is 9.59 Å². The highest BCUT2D eigenvalue weighted by molar-refractivity contribution is 6.35. The summed E-state index contributed by atoms with van der Waals surface area (Å²) in [6.45, 7) is 1.61. The minimum absolute atomic E-state index is 0.288. The van der Waals surface area contributed by atoms with Crippen LogP contribution in [0.25, 0.3) is 0 Å². The van der Waals surface area contributed by atoms with Crippen molar-refractivity contribution in [2.24, 2.45) is 0 Å². The van der Waals surface area contributed by atoms with E-state index in [2.05, 4.69) is 5.32 Å². The maximum Gasteiger partial charge on any atom is 0.344 e. The maximum absolute atomic E-state index is 11.7. The Bertz CT molecular complexity index is 764. The molecule has 0 saturated carbocycles. The molecule has 0 radical (unpaired) electrons. The molecule has 132 valence electrons. The van der Waals surface area contributed by atoms with Crippen molar-refractivity contribution < 1.29 is 19.1 Å². The molecule has 2 rings (SSSR count). The van der Waals surface area contributed by atoms with E-state index in [0.29, 0.717) is 17.3 Å². The van der Waals surface area contributed by atoms with Crippen molar-refractivity contribution in [3.05, 3.63) is 63.6 Å². The first kappa shape index (κ1) is 19.1. The summed E-state index contributed by atoms with van der Waals surface area (Å²) in [5, 5.41) is 3.44. The molecule has 0 atom stereocenters. The van der Waals surface area contributed by atoms with Crippen LogP contribution >= 0.6 is 23.2 Å². The molecule has 0 unspecified atom stereocenters. The zero-order chi connectivity index (χ0) is 18.2. The Labute approximate surface area is 155 Å². The van der Waals surface area contributed by atoms with Gasteiger partial charge in [0.15, 0.2) is 13.2 Å². The van der Waals surface area contributed by atoms with Crippen LogP contribution in [-0.2, 0) is 20.9 Å². The number of hydrogen-bond acceptors (Lipinski definition) is 4. The number of ether oxygens (including phenoxy) is 2. The molecule has 5 nitrogen and oxygen atoms in total. The zero-order valence-electron chi connectivity index (χ0n) is 13.6. The van der Waals surface area contributed by atoms with Crippen molar-refractivity contribution in [3.63, 3.8) is 0 Å². The third kappa shape index (κ3) is 6.29. The average Bonchev–Trinajstić information content (AvgIpc) is 2.58. The van der Waals surface area contributed by atoms with Crippen molar-refractivity contribution in [3.8, 4) is 5.75 Å². The molecule has 0 fully saturated rings. The van der Waals surface area contributed by atoms with Crippen LogP contribution in [0.1, 0.15) is 11.1 Å². The summed E-state index contributed by atoms with van der Waals surface area (Å²) in [5.74, 6) is -0.745. The molecule has 0 bridgehead atoms. The lowest BCUT2D eigenvalue weighted by atomic mass is 10.1. The van der Waals surface area contributed by atoms with E-state index in [1.807, 2.05) is 31.2 Å². The summed E-state index contributed by atoms with van der Waals surface area (Å²) in [6, 6.07) is 12.3. The Hall–Kier alpha value is -2.24. The van der Waals surface area contributed by atoms with Crippen LogP contribution in [-0.4, -0.2) is 25.1 Å². The number of esters is 1. The molecule has 0 saturated heterocycles. The molecule has 1 N–H and O–H groups in total. The topological polar surface area (TPSA) is 64.6 Å². The van der Waals surface area contributed by atoms with E-state index in [0.717, 1.165) is 11.1 Å². The Morgan fingerprint density at radius 1 is 1.08 bits per heavy atom. The number of amides is 1. The predicted molar refractivity (Wildman–Crippen MR) is 95.9 cm³/mol. The molecule has 25 heavy (non-hydrogen) atoms. The Morgan fingerprint density at radius 2 is 1.84 bits per heavy atom. The van der Waals surface area contributed by atoms with Gasteiger partial charge in [0.25, 0.3) is 5.91 Å². The van der Waals surface area contributed by atoms with E-state index in [4.69, 9.17) is 32.7 Å². The van der Waals surface area contributed by atoms with E-state index >= 15 is 0 Å². The normalized spacial score (nSPS) is 10.2. The van der Waals surface area contributed by atoms with Gasteiger partial charge in [-0.2, -0.15) is 0 Å². The standard InChI is InChI=1S/C18H17Cl2NO4/c1-12-4-2-3-5-13(12)9-21-17(22)10-25-18(23)11-24-16-7-6-14(19)8-15(16)20/h2-8H,9-11H2,1H3,(H,21,22). The number of carbonyl (C=O) groups is 2. The lowest BCUT2D eigenvalue weighted by Gasteiger charge is -2.10. The van der Waals surface area contributed by atoms with Gasteiger partial charge in [0.1, 0.15) is 5.75 Å². The fourth-order valence-electron chi connectivity index (χ4n) is 1.97. The number of rotatable bonds is 7. The molecule has 0 spiro atoms. The first-order valence-corrected chi connectivity index (χ1v) is 8.26. The third-order valence-corrected chi connectivity index (χ3v) is 3.87. The molecule has 1 amide bonds. The van der Waals surface area contributed by atoms with Crippen LogP contribution in [0.5, 0.6) is 5.75 Å². The van der Waals surface area contributed by atoms with Crippen LogP contribution in [0.3, 0.4) is 0 Å². The predicted octanol–water partition coefficient (Wildman–Crippen LogP) is 3.54. The monoisotopic (exact) mass is 381 g/mol. The van der Waals surface area contributed by atoms with Gasteiger partial charge < -0.3 is 14.8 Å². The van der Waals surface area contributed by atoms with Gasteiger partial charge in [0, 0.05) is 11.6 Å². The van der Waals surface area contributed by atoms with Crippen molar-refractivity contribution in [1.82, 2.24) is 5.32 Å². The Kier molecular flexibility index (Phi) is 7.10. The second kappa shape index (κ2) is 9.30. The van der Waals surface area contributed by atoms with Gasteiger partial charge in [-0.05, 0) is 36.2 Å². The Balaban J connectivity index is 1.70. The van der Waals surface area contributed by atoms with Gasteiger partial charge in [0.2, 0.25) is 0 Å². The van der Waals surface area contributed by atoms with E-state index in [1.165, 1.54) is 6.07 Å². The summed E-state index contributed by atoms with van der Waals surface area (Å²) >= 11 is 11.7. The second-order valence-electron chi connectivity index (χ2n) is 5.23. The van der Waals surface area contributed by atoms with Crippen molar-refractivity contribution in [1.29, 1.82) is 0 Å². The molecular weight excluding hydrogens is 365 g/mol. The van der Waals surface area contributed by atoms with Gasteiger partial charge >= 0.3 is 5.97 Å². The lowest BCUT2D eigenvalue weighted by molar-refractivity contribution is -0.150. The van der Waals surface area contributed by atoms with E-state index in [-0.39, 0.29) is 24.1 Å². The molecule has 0 aliphatic carbocycles. The quantitative estimate of drug-likeness (QED) is 0.744. The Morgan fingerprint density at radius 3 is 2.56 bits per heavy atom. The number of halogens is 2. The van der Waals surface area contributed by atoms with Gasteiger partial charge in [0.05, 0.1) is 5.02 Å². The van der Waals surface area contributed by atoms with Crippen LogP contribution in [0.15, 0.2) is 42.5 Å². The number of carbonyl (C=O) groups excluding carboxylic acids is 2. The molecule has 2 aromatic carbocycles. The van der Waals surface area contributed by atoms with E-state index in [1.54, 1.807) is 12.1 Å². The second-order valence-corrected chi connectivity index (χ2v) is 6.07. The summed E-state index contributed by atoms with van der Waals surface area (Å²) in [6.07, 6.45) is 0. The third-order valence-electron chi connectivity index (χ3n) is 3.34. The van der Waals surface area contributed by atoms with Crippen LogP contribution in [0.2, 0.25) is 10.0 Å². The highest BCUT2D eigenvalue weighted by Crippen LogP contribution is 2.27. The smallest absolute Gasteiger partial charge is 0.344 e. The number of hydrogen-bond donors (Lipinski definition) is 1. The summed E-state index contributed by atoms with van der Waals surface area (Å²) in [5.41, 5.74) is 2.08. The summed E-state index contributed by atoms with van der Waals surface area (Å²) < 4.78 is 10.1. The molecule has 0 aliphatic heterocycles. The largest absolute Gasteiger partial charge is 0.480 e. The summed E-state index contributed by atoms with van der Waals surface area (Å²) in [4.78, 5) is 23.4. The van der Waals surface area contributed by atoms with Gasteiger partial charge in [-0.25, -0.2) is 4.79 Å². The highest BCUT2D eigenvalue weighted by atomic mass is 35.5. The molecule has 7 heteroatoms. The van der Waals surface area contributed by atoms with Gasteiger partial charge in [-0.1, -0.05) is 47.5 Å². The van der Waals surface area contributed by atoms with Crippen molar-refractivity contribution >= 4 is 35.1 Å². The molecule has 0 aliphatic rings. The average molecular weight is 382 g/mol. The van der Waals surface area contributed by atoms with Crippen molar-refractivity contribution in [2.45, 2.75) is 13.5 Å². The minimum atomic E-state index is -0.669. The first-order valence-electron chi connectivity index (χ1n) is 7.50. The fourth-order valence-corrected chi connectivity index (χ4v) is 2.43. The molecular formula is C18H17Cl2NO4. The van der Waals surface area contributed by atoms with Gasteiger partial charge in [-0.15, -0.1) is 0 Å². The molecule has 0 heterocycles. The SMILES string of the molecule is Cc1ccccc1CNC(=O)COC(=O)COc1ccc(Cl)cc1Cl. The van der Waals surface area contributed by atoms with E-state index < -0.39 is 5.97 Å². The van der Waals surface area contributed by atoms with Gasteiger partial charge in [-0.3, -0.25) is 4.79 Å². The first-order chi connectivity index (χ1) is 12.0. The van der Waals surface area contributed by atoms with Crippen molar-refractivity contribution in [2.75, 3.05) is 13.2 Å². The summed E-state index contributed by atoms with van der Waals surface area (Å²) in [7, 11) is 0. The zero-order valence-corrected chi connectivity index (χ0v) is 15.1. The lowest BCUT2D eigenvalue weighted by Crippen LogP contribution is -2.29. The number of benzene rings is 2. The maximum atomic E-state index is 11.7. The highest BCUT2D eigenvalue weighted by Gasteiger charge is 2.10.